The van der Waals surface area contributed by atoms with Crippen LogP contribution in [0.2, 0.25) is 0 Å². The Kier molecular flexibility index (Phi) is 8.85. The molecule has 0 heterocycles. The SMILES string of the molecule is CC(C)=COP([O-])([O-])=S.[Ba+2]. The minimum absolute atomic E-state index is 0. The molecule has 0 unspecified atom stereocenters. The predicted octanol–water partition coefficient (Wildman–Crippen LogP) is -0.509. The van der Waals surface area contributed by atoms with E-state index in [1.807, 2.05) is 0 Å². The number of allylic oxidation sites excluding steroid dienone is 1. The Balaban J connectivity index is 0. The van der Waals surface area contributed by atoms with Gasteiger partial charge in [-0.3, -0.25) is 0 Å². The van der Waals surface area contributed by atoms with E-state index in [2.05, 4.69) is 16.3 Å². The van der Waals surface area contributed by atoms with Gasteiger partial charge in [0.1, 0.15) is 0 Å². The summed E-state index contributed by atoms with van der Waals surface area (Å²) >= 11 is 3.94. The third-order valence-electron chi connectivity index (χ3n) is 0.418. The van der Waals surface area contributed by atoms with Crippen LogP contribution >= 0.6 is 6.72 Å². The fraction of sp³-hybridized carbons (Fsp3) is 0.500. The van der Waals surface area contributed by atoms with Crippen LogP contribution in [0.4, 0.5) is 0 Å². The minimum Gasteiger partial charge on any atom is -0.803 e. The normalized spacial score (nSPS) is 9.60. The van der Waals surface area contributed by atoms with Crippen molar-refractivity contribution >= 4 is 67.4 Å². The van der Waals surface area contributed by atoms with Crippen molar-refractivity contribution in [3.05, 3.63) is 11.8 Å². The molecule has 0 rings (SSSR count). The Morgan fingerprint density at radius 2 is 1.90 bits per heavy atom. The molecule has 0 saturated carbocycles. The summed E-state index contributed by atoms with van der Waals surface area (Å²) in [6.45, 7) is -0.536. The van der Waals surface area contributed by atoms with Gasteiger partial charge < -0.3 is 14.3 Å². The van der Waals surface area contributed by atoms with Crippen LogP contribution in [0.3, 0.4) is 0 Å². The molecule has 0 bridgehead atoms. The van der Waals surface area contributed by atoms with Crippen molar-refractivity contribution in [2.24, 2.45) is 0 Å². The van der Waals surface area contributed by atoms with E-state index >= 15 is 0 Å². The molecule has 0 aromatic rings. The van der Waals surface area contributed by atoms with Gasteiger partial charge in [0.15, 0.2) is 0 Å². The summed E-state index contributed by atoms with van der Waals surface area (Å²) < 4.78 is 4.14. The van der Waals surface area contributed by atoms with Crippen molar-refractivity contribution in [1.29, 1.82) is 0 Å². The minimum atomic E-state index is -3.96. The number of hydrogen-bond donors (Lipinski definition) is 0. The van der Waals surface area contributed by atoms with Crippen LogP contribution < -0.4 is 9.79 Å². The smallest absolute Gasteiger partial charge is 0.803 e. The van der Waals surface area contributed by atoms with Crippen LogP contribution in [-0.2, 0) is 16.3 Å². The van der Waals surface area contributed by atoms with Crippen LogP contribution in [0, 0.1) is 0 Å². The molecule has 0 aliphatic rings. The first-order chi connectivity index (χ1) is 3.92. The molecule has 0 amide bonds. The molecule has 0 atom stereocenters. The van der Waals surface area contributed by atoms with Crippen LogP contribution in [0.1, 0.15) is 13.8 Å². The Bertz CT molecular complexity index is 160. The summed E-state index contributed by atoms with van der Waals surface area (Å²) in [6.07, 6.45) is 1.11. The fourth-order valence-electron chi connectivity index (χ4n) is 0.170. The summed E-state index contributed by atoms with van der Waals surface area (Å²) in [5, 5.41) is 0. The molecule has 0 aliphatic carbocycles. The summed E-state index contributed by atoms with van der Waals surface area (Å²) in [6, 6.07) is 0. The molecule has 0 spiro atoms. The van der Waals surface area contributed by atoms with Crippen LogP contribution in [0.5, 0.6) is 0 Å². The second-order valence-electron chi connectivity index (χ2n) is 1.75. The Labute approximate surface area is 106 Å². The average molecular weight is 303 g/mol. The Hall–Kier alpha value is 1.68. The van der Waals surface area contributed by atoms with Gasteiger partial charge in [-0.15, -0.1) is 0 Å². The second-order valence-corrected chi connectivity index (χ2v) is 4.19. The molecule has 0 aromatic heterocycles. The van der Waals surface area contributed by atoms with Crippen molar-refractivity contribution in [2.45, 2.75) is 13.8 Å². The van der Waals surface area contributed by atoms with E-state index in [1.165, 1.54) is 0 Å². The maximum absolute atomic E-state index is 10.1. The largest absolute Gasteiger partial charge is 2.00 e. The monoisotopic (exact) mass is 304 g/mol. The van der Waals surface area contributed by atoms with Gasteiger partial charge in [-0.05, 0) is 26.1 Å². The van der Waals surface area contributed by atoms with Gasteiger partial charge in [0.05, 0.1) is 6.26 Å². The molecular formula is C4H7BaO3PS. The van der Waals surface area contributed by atoms with Crippen molar-refractivity contribution in [2.75, 3.05) is 0 Å². The van der Waals surface area contributed by atoms with Gasteiger partial charge in [0, 0.05) is 0 Å². The van der Waals surface area contributed by atoms with Crippen molar-refractivity contribution in [3.63, 3.8) is 0 Å². The van der Waals surface area contributed by atoms with Gasteiger partial charge >= 0.3 is 48.9 Å². The van der Waals surface area contributed by atoms with Crippen molar-refractivity contribution in [1.82, 2.24) is 0 Å². The summed E-state index contributed by atoms with van der Waals surface area (Å²) in [5.41, 5.74) is 0.760. The van der Waals surface area contributed by atoms with Crippen molar-refractivity contribution in [3.8, 4) is 0 Å². The zero-order valence-corrected chi connectivity index (χ0v) is 12.0. The third kappa shape index (κ3) is 12.4. The van der Waals surface area contributed by atoms with E-state index in [0.29, 0.717) is 0 Å². The molecule has 0 aromatic carbocycles. The average Bonchev–Trinajstić information content (AvgIpc) is 1.59. The quantitative estimate of drug-likeness (QED) is 0.392. The molecule has 0 N–H and O–H groups in total. The Morgan fingerprint density at radius 3 is 2.00 bits per heavy atom. The maximum Gasteiger partial charge on any atom is 2.00 e. The standard InChI is InChI=1S/C4H9O3PS.Ba/c1-4(2)3-7-8(5,6)9;/h3H,1-2H3,(H2,5,6,9);/q;+2/p-2. The number of hydrogen-bond acceptors (Lipinski definition) is 4. The van der Waals surface area contributed by atoms with Gasteiger partial charge in [-0.25, -0.2) is 0 Å². The molecule has 6 heteroatoms. The van der Waals surface area contributed by atoms with Crippen LogP contribution in [0.25, 0.3) is 0 Å². The van der Waals surface area contributed by atoms with E-state index in [1.54, 1.807) is 13.8 Å². The first-order valence-electron chi connectivity index (χ1n) is 2.25. The van der Waals surface area contributed by atoms with E-state index in [9.17, 15) is 9.79 Å². The predicted molar refractivity (Wildman–Crippen MR) is 40.6 cm³/mol. The maximum atomic E-state index is 10.1. The molecule has 10 heavy (non-hydrogen) atoms. The second kappa shape index (κ2) is 6.23. The molecule has 0 aliphatic heterocycles. The van der Waals surface area contributed by atoms with Crippen molar-refractivity contribution < 1.29 is 14.3 Å². The van der Waals surface area contributed by atoms with Gasteiger partial charge in [0.25, 0.3) is 0 Å². The molecule has 3 nitrogen and oxygen atoms in total. The molecule has 54 valence electrons. The fourth-order valence-corrected chi connectivity index (χ4v) is 0.639. The van der Waals surface area contributed by atoms with E-state index < -0.39 is 6.72 Å². The summed E-state index contributed by atoms with van der Waals surface area (Å²) in [7, 11) is 0. The third-order valence-corrected chi connectivity index (χ3v) is 1.04. The molecule has 0 saturated heterocycles. The van der Waals surface area contributed by atoms with E-state index in [-0.39, 0.29) is 48.9 Å². The molecule has 0 radical (unpaired) electrons. The van der Waals surface area contributed by atoms with Crippen LogP contribution in [-0.4, -0.2) is 48.9 Å². The summed E-state index contributed by atoms with van der Waals surface area (Å²) in [5.74, 6) is 0. The molecular weight excluding hydrogens is 296 g/mol. The zero-order chi connectivity index (χ0) is 7.49. The zero-order valence-electron chi connectivity index (χ0n) is 5.86. The topological polar surface area (TPSA) is 55.3 Å². The van der Waals surface area contributed by atoms with Gasteiger partial charge in [-0.2, -0.15) is 0 Å². The first-order valence-corrected chi connectivity index (χ1v) is 4.81. The Morgan fingerprint density at radius 1 is 1.50 bits per heavy atom. The summed E-state index contributed by atoms with van der Waals surface area (Å²) in [4.78, 5) is 20.2. The first kappa shape index (κ1) is 14.2. The van der Waals surface area contributed by atoms with Gasteiger partial charge in [-0.1, -0.05) is 11.8 Å². The van der Waals surface area contributed by atoms with Gasteiger partial charge in [0.2, 0.25) is 0 Å². The van der Waals surface area contributed by atoms with E-state index in [0.717, 1.165) is 11.8 Å². The number of rotatable bonds is 2. The van der Waals surface area contributed by atoms with Crippen LogP contribution in [0.15, 0.2) is 11.8 Å². The van der Waals surface area contributed by atoms with E-state index in [4.69, 9.17) is 0 Å². The molecule has 0 fully saturated rings.